The molecule has 0 aliphatic carbocycles. The topological polar surface area (TPSA) is 14.8 Å². The van der Waals surface area contributed by atoms with Crippen LogP contribution in [0.4, 0.5) is 0 Å². The quantitative estimate of drug-likeness (QED) is 0.191. The van der Waals surface area contributed by atoms with Gasteiger partial charge in [-0.15, -0.1) is 0 Å². The maximum absolute atomic E-state index is 2.46. The number of benzene rings is 7. The van der Waals surface area contributed by atoms with Gasteiger partial charge >= 0.3 is 0 Å². The van der Waals surface area contributed by atoms with Gasteiger partial charge in [0.2, 0.25) is 0 Å². The summed E-state index contributed by atoms with van der Waals surface area (Å²) in [4.78, 5) is 0. The molecule has 47 heavy (non-hydrogen) atoms. The highest BCUT2D eigenvalue weighted by Crippen LogP contribution is 2.41. The first-order valence-corrected chi connectivity index (χ1v) is 16.1. The average Bonchev–Trinajstić information content (AvgIpc) is 3.78. The molecule has 10 aromatic rings. The van der Waals surface area contributed by atoms with E-state index in [4.69, 9.17) is 0 Å². The lowest BCUT2D eigenvalue weighted by Crippen LogP contribution is -2.03. The molecule has 0 saturated heterocycles. The summed E-state index contributed by atoms with van der Waals surface area (Å²) in [7, 11) is 0. The van der Waals surface area contributed by atoms with Gasteiger partial charge in [0.15, 0.2) is 0 Å². The van der Waals surface area contributed by atoms with Crippen LogP contribution in [0.5, 0.6) is 0 Å². The van der Waals surface area contributed by atoms with Crippen LogP contribution in [0.15, 0.2) is 176 Å². The van der Waals surface area contributed by atoms with Crippen LogP contribution in [-0.4, -0.2) is 13.7 Å². The second-order valence-electron chi connectivity index (χ2n) is 12.2. The standard InChI is InChI=1S/C44H29N3/c1-2-14-30(15-3-1)31-16-12-17-32(28-31)46-41-26-10-6-22-37(41)43-38-23-7-11-27-42(38)47(44(43)46)34-19-13-18-33(29-34)45-39-24-8-4-20-35(39)36-21-5-9-25-40(36)45/h1-29H. The van der Waals surface area contributed by atoms with Crippen molar-refractivity contribution >= 4 is 54.6 Å². The van der Waals surface area contributed by atoms with Gasteiger partial charge in [-0.3, -0.25) is 9.13 Å². The molecular formula is C44H29N3. The van der Waals surface area contributed by atoms with E-state index < -0.39 is 0 Å². The molecule has 3 aromatic heterocycles. The van der Waals surface area contributed by atoms with E-state index in [1.165, 1.54) is 60.1 Å². The third kappa shape index (κ3) is 3.81. The molecule has 3 heterocycles. The Hall–Kier alpha value is -6.32. The summed E-state index contributed by atoms with van der Waals surface area (Å²) in [5.74, 6) is 0. The monoisotopic (exact) mass is 599 g/mol. The smallest absolute Gasteiger partial charge is 0.131 e. The lowest BCUT2D eigenvalue weighted by molar-refractivity contribution is 1.06. The summed E-state index contributed by atoms with van der Waals surface area (Å²) in [5, 5.41) is 6.30. The highest BCUT2D eigenvalue weighted by Gasteiger charge is 2.22. The predicted molar refractivity (Wildman–Crippen MR) is 197 cm³/mol. The molecule has 0 amide bonds. The van der Waals surface area contributed by atoms with Gasteiger partial charge in [-0.2, -0.15) is 0 Å². The third-order valence-electron chi connectivity index (χ3n) is 9.61. The Bertz CT molecular complexity index is 2740. The summed E-state index contributed by atoms with van der Waals surface area (Å²) in [6.45, 7) is 0. The second kappa shape index (κ2) is 10.1. The van der Waals surface area contributed by atoms with Gasteiger partial charge in [-0.05, 0) is 65.7 Å². The number of para-hydroxylation sites is 4. The molecule has 0 bridgehead atoms. The Morgan fingerprint density at radius 2 is 0.681 bits per heavy atom. The fraction of sp³-hybridized carbons (Fsp3) is 0. The summed E-state index contributed by atoms with van der Waals surface area (Å²) in [6.07, 6.45) is 0. The van der Waals surface area contributed by atoms with Crippen LogP contribution in [0, 0.1) is 0 Å². The van der Waals surface area contributed by atoms with Gasteiger partial charge in [0.25, 0.3) is 0 Å². The minimum Gasteiger partial charge on any atom is -0.309 e. The molecule has 0 fully saturated rings. The Kier molecular flexibility index (Phi) is 5.57. The normalized spacial score (nSPS) is 11.8. The maximum atomic E-state index is 2.46. The SMILES string of the molecule is c1ccc(-c2cccc(-n3c4ccccc4c4c5ccccc5n(-c5cccc(-n6c7ccccc7c7ccccc76)c5)c43)c2)cc1. The van der Waals surface area contributed by atoms with Gasteiger partial charge in [0.05, 0.1) is 22.1 Å². The first kappa shape index (κ1) is 26.0. The molecule has 10 rings (SSSR count). The summed E-state index contributed by atoms with van der Waals surface area (Å²) in [5.41, 5.74) is 11.8. The largest absolute Gasteiger partial charge is 0.309 e. The van der Waals surface area contributed by atoms with Crippen LogP contribution in [-0.2, 0) is 0 Å². The zero-order valence-corrected chi connectivity index (χ0v) is 25.6. The third-order valence-corrected chi connectivity index (χ3v) is 9.61. The molecular weight excluding hydrogens is 571 g/mol. The van der Waals surface area contributed by atoms with Gasteiger partial charge in [-0.1, -0.05) is 121 Å². The van der Waals surface area contributed by atoms with Crippen molar-refractivity contribution in [1.29, 1.82) is 0 Å². The number of aromatic nitrogens is 3. The van der Waals surface area contributed by atoms with E-state index in [0.717, 1.165) is 22.7 Å². The average molecular weight is 600 g/mol. The van der Waals surface area contributed by atoms with Gasteiger partial charge in [-0.25, -0.2) is 0 Å². The molecule has 3 heteroatoms. The lowest BCUT2D eigenvalue weighted by Gasteiger charge is -2.15. The van der Waals surface area contributed by atoms with Crippen LogP contribution >= 0.6 is 0 Å². The number of nitrogens with zero attached hydrogens (tertiary/aromatic N) is 3. The van der Waals surface area contributed by atoms with Crippen LogP contribution in [0.2, 0.25) is 0 Å². The van der Waals surface area contributed by atoms with Crippen LogP contribution < -0.4 is 0 Å². The predicted octanol–water partition coefficient (Wildman–Crippen LogP) is 11.5. The molecule has 0 spiro atoms. The van der Waals surface area contributed by atoms with Crippen molar-refractivity contribution in [3.8, 4) is 28.2 Å². The van der Waals surface area contributed by atoms with E-state index in [2.05, 4.69) is 190 Å². The van der Waals surface area contributed by atoms with E-state index in [-0.39, 0.29) is 0 Å². The second-order valence-corrected chi connectivity index (χ2v) is 12.2. The number of rotatable bonds is 4. The highest BCUT2D eigenvalue weighted by molar-refractivity contribution is 6.22. The van der Waals surface area contributed by atoms with Crippen molar-refractivity contribution in [1.82, 2.24) is 13.7 Å². The molecule has 0 unspecified atom stereocenters. The van der Waals surface area contributed by atoms with Gasteiger partial charge in [0.1, 0.15) is 5.65 Å². The molecule has 220 valence electrons. The van der Waals surface area contributed by atoms with Crippen molar-refractivity contribution in [2.45, 2.75) is 0 Å². The molecule has 0 atom stereocenters. The molecule has 0 aliphatic heterocycles. The van der Waals surface area contributed by atoms with Gasteiger partial charge in [0, 0.05) is 44.0 Å². The highest BCUT2D eigenvalue weighted by atomic mass is 15.1. The number of hydrogen-bond acceptors (Lipinski definition) is 0. The van der Waals surface area contributed by atoms with Gasteiger partial charge < -0.3 is 4.57 Å². The van der Waals surface area contributed by atoms with E-state index >= 15 is 0 Å². The minimum absolute atomic E-state index is 1.12. The molecule has 7 aromatic carbocycles. The fourth-order valence-electron chi connectivity index (χ4n) is 7.65. The Balaban J connectivity index is 1.30. The zero-order valence-electron chi connectivity index (χ0n) is 25.6. The van der Waals surface area contributed by atoms with Crippen molar-refractivity contribution in [3.63, 3.8) is 0 Å². The first-order chi connectivity index (χ1) is 23.3. The van der Waals surface area contributed by atoms with Crippen molar-refractivity contribution < 1.29 is 0 Å². The molecule has 0 saturated carbocycles. The molecule has 0 N–H and O–H groups in total. The summed E-state index contributed by atoms with van der Waals surface area (Å²) >= 11 is 0. The number of hydrogen-bond donors (Lipinski definition) is 0. The van der Waals surface area contributed by atoms with Crippen molar-refractivity contribution in [2.24, 2.45) is 0 Å². The Morgan fingerprint density at radius 3 is 1.26 bits per heavy atom. The lowest BCUT2D eigenvalue weighted by atomic mass is 10.1. The minimum atomic E-state index is 1.12. The van der Waals surface area contributed by atoms with Crippen molar-refractivity contribution in [3.05, 3.63) is 176 Å². The van der Waals surface area contributed by atoms with E-state index in [0.29, 0.717) is 0 Å². The number of fused-ring (bicyclic) bond motifs is 8. The van der Waals surface area contributed by atoms with Crippen LogP contribution in [0.1, 0.15) is 0 Å². The molecule has 0 aliphatic rings. The van der Waals surface area contributed by atoms with Crippen LogP contribution in [0.3, 0.4) is 0 Å². The Morgan fingerprint density at radius 1 is 0.277 bits per heavy atom. The summed E-state index contributed by atoms with van der Waals surface area (Å²) in [6, 6.07) is 63.6. The zero-order chi connectivity index (χ0) is 30.9. The summed E-state index contributed by atoms with van der Waals surface area (Å²) < 4.78 is 7.30. The van der Waals surface area contributed by atoms with E-state index in [9.17, 15) is 0 Å². The first-order valence-electron chi connectivity index (χ1n) is 16.1. The van der Waals surface area contributed by atoms with E-state index in [1.54, 1.807) is 0 Å². The van der Waals surface area contributed by atoms with Crippen LogP contribution in [0.25, 0.3) is 82.8 Å². The Labute approximate surface area is 271 Å². The van der Waals surface area contributed by atoms with E-state index in [1.807, 2.05) is 0 Å². The molecule has 0 radical (unpaired) electrons. The molecule has 3 nitrogen and oxygen atoms in total. The van der Waals surface area contributed by atoms with Crippen molar-refractivity contribution in [2.75, 3.05) is 0 Å². The maximum Gasteiger partial charge on any atom is 0.131 e. The fourth-order valence-corrected chi connectivity index (χ4v) is 7.65.